The first-order valence-corrected chi connectivity index (χ1v) is 12.6. The number of carbonyl (C=O) groups is 1. The van der Waals surface area contributed by atoms with Crippen molar-refractivity contribution in [1.29, 1.82) is 0 Å². The topological polar surface area (TPSA) is 101 Å². The van der Waals surface area contributed by atoms with Crippen LogP contribution in [0.15, 0.2) is 64.3 Å². The van der Waals surface area contributed by atoms with Crippen LogP contribution in [0.1, 0.15) is 0 Å². The van der Waals surface area contributed by atoms with Gasteiger partial charge in [-0.15, -0.1) is 11.3 Å². The lowest BCUT2D eigenvalue weighted by molar-refractivity contribution is -0.118. The Balaban J connectivity index is 1.29. The van der Waals surface area contributed by atoms with E-state index in [0.717, 1.165) is 30.1 Å². The number of nitrogens with zero attached hydrogens (tertiary/aromatic N) is 3. The standard InChI is InChI=1S/C22H24N4O5S2/c1-25(33(28,29)22-3-2-14-32-22)17-4-7-19(8-5-17)31-16-21(27)24-20-9-6-18(15-23-20)26-10-12-30-13-11-26/h2-9,14-15H,10-13,16H2,1H3,(H,23,24,27). The van der Waals surface area contributed by atoms with Crippen molar-refractivity contribution in [2.45, 2.75) is 4.21 Å². The zero-order valence-electron chi connectivity index (χ0n) is 18.0. The highest BCUT2D eigenvalue weighted by molar-refractivity contribution is 7.94. The minimum atomic E-state index is -3.60. The number of pyridine rings is 1. The third-order valence-corrected chi connectivity index (χ3v) is 8.23. The van der Waals surface area contributed by atoms with Crippen molar-refractivity contribution in [2.24, 2.45) is 0 Å². The molecule has 1 saturated heterocycles. The van der Waals surface area contributed by atoms with Crippen LogP contribution in [0.2, 0.25) is 0 Å². The molecule has 9 nitrogen and oxygen atoms in total. The number of hydrogen-bond acceptors (Lipinski definition) is 8. The quantitative estimate of drug-likeness (QED) is 0.520. The van der Waals surface area contributed by atoms with E-state index in [2.05, 4.69) is 15.2 Å². The number of ether oxygens (including phenoxy) is 2. The molecule has 0 radical (unpaired) electrons. The average molecular weight is 489 g/mol. The van der Waals surface area contributed by atoms with E-state index in [1.165, 1.54) is 11.4 Å². The summed E-state index contributed by atoms with van der Waals surface area (Å²) in [4.78, 5) is 18.7. The van der Waals surface area contributed by atoms with Crippen molar-refractivity contribution in [3.63, 3.8) is 0 Å². The Kier molecular flexibility index (Phi) is 7.11. The first kappa shape index (κ1) is 23.0. The number of hydrogen-bond donors (Lipinski definition) is 1. The van der Waals surface area contributed by atoms with Gasteiger partial charge in [0.05, 0.1) is 30.8 Å². The largest absolute Gasteiger partial charge is 0.484 e. The van der Waals surface area contributed by atoms with E-state index in [9.17, 15) is 13.2 Å². The minimum absolute atomic E-state index is 0.199. The zero-order valence-corrected chi connectivity index (χ0v) is 19.6. The smallest absolute Gasteiger partial charge is 0.273 e. The van der Waals surface area contributed by atoms with E-state index in [0.29, 0.717) is 30.5 Å². The Bertz CT molecular complexity index is 1160. The van der Waals surface area contributed by atoms with E-state index in [4.69, 9.17) is 9.47 Å². The number of sulfonamides is 1. The lowest BCUT2D eigenvalue weighted by Crippen LogP contribution is -2.36. The summed E-state index contributed by atoms with van der Waals surface area (Å²) in [6, 6.07) is 13.4. The van der Waals surface area contributed by atoms with Crippen molar-refractivity contribution >= 4 is 44.5 Å². The molecule has 174 valence electrons. The molecule has 0 spiro atoms. The molecule has 0 atom stereocenters. The Morgan fingerprint density at radius 3 is 2.58 bits per heavy atom. The van der Waals surface area contributed by atoms with Gasteiger partial charge in [0.2, 0.25) is 0 Å². The van der Waals surface area contributed by atoms with Crippen LogP contribution in [0.3, 0.4) is 0 Å². The number of rotatable bonds is 8. The fraction of sp³-hybridized carbons (Fsp3) is 0.273. The number of carbonyl (C=O) groups excluding carboxylic acids is 1. The van der Waals surface area contributed by atoms with Crippen LogP contribution in [0.5, 0.6) is 5.75 Å². The number of nitrogens with one attached hydrogen (secondary N) is 1. The molecule has 1 amide bonds. The molecule has 0 saturated carbocycles. The molecular formula is C22H24N4O5S2. The zero-order chi connectivity index (χ0) is 23.3. The first-order chi connectivity index (χ1) is 15.9. The van der Waals surface area contributed by atoms with E-state index in [1.807, 2.05) is 6.07 Å². The number of thiophene rings is 1. The Morgan fingerprint density at radius 1 is 1.18 bits per heavy atom. The summed E-state index contributed by atoms with van der Waals surface area (Å²) < 4.78 is 37.6. The van der Waals surface area contributed by atoms with Crippen molar-refractivity contribution < 1.29 is 22.7 Å². The maximum absolute atomic E-state index is 12.6. The second kappa shape index (κ2) is 10.2. The lowest BCUT2D eigenvalue weighted by Gasteiger charge is -2.28. The maximum Gasteiger partial charge on any atom is 0.273 e. The molecule has 11 heteroatoms. The van der Waals surface area contributed by atoms with E-state index >= 15 is 0 Å². The Hall–Kier alpha value is -3.15. The summed E-state index contributed by atoms with van der Waals surface area (Å²) in [6.07, 6.45) is 1.72. The molecule has 1 N–H and O–H groups in total. The van der Waals surface area contributed by atoms with Crippen LogP contribution in [0.25, 0.3) is 0 Å². The molecule has 4 rings (SSSR count). The highest BCUT2D eigenvalue weighted by atomic mass is 32.2. The molecule has 1 aromatic carbocycles. The van der Waals surface area contributed by atoms with Gasteiger partial charge in [0, 0.05) is 20.1 Å². The molecular weight excluding hydrogens is 464 g/mol. The van der Waals surface area contributed by atoms with Gasteiger partial charge in [-0.05, 0) is 47.8 Å². The summed E-state index contributed by atoms with van der Waals surface area (Å²) in [5, 5.41) is 4.42. The molecule has 0 unspecified atom stereocenters. The molecule has 33 heavy (non-hydrogen) atoms. The fourth-order valence-corrected chi connectivity index (χ4v) is 5.59. The van der Waals surface area contributed by atoms with Crippen LogP contribution in [0.4, 0.5) is 17.2 Å². The molecule has 0 aliphatic carbocycles. The van der Waals surface area contributed by atoms with Crippen LogP contribution in [0, 0.1) is 0 Å². The van der Waals surface area contributed by atoms with Gasteiger partial charge in [-0.3, -0.25) is 9.10 Å². The number of amides is 1. The van der Waals surface area contributed by atoms with Crippen LogP contribution >= 0.6 is 11.3 Å². The third-order valence-electron chi connectivity index (χ3n) is 5.07. The second-order valence-corrected chi connectivity index (χ2v) is 10.4. The molecule has 1 aliphatic rings. The van der Waals surface area contributed by atoms with Crippen LogP contribution in [-0.4, -0.2) is 59.3 Å². The normalized spacial score (nSPS) is 14.0. The summed E-state index contributed by atoms with van der Waals surface area (Å²) in [5.74, 6) is 0.547. The Labute approximate surface area is 196 Å². The minimum Gasteiger partial charge on any atom is -0.484 e. The first-order valence-electron chi connectivity index (χ1n) is 10.3. The predicted molar refractivity (Wildman–Crippen MR) is 128 cm³/mol. The molecule has 1 aliphatic heterocycles. The van der Waals surface area contributed by atoms with Gasteiger partial charge in [-0.1, -0.05) is 6.07 Å². The summed E-state index contributed by atoms with van der Waals surface area (Å²) in [7, 11) is -2.11. The van der Waals surface area contributed by atoms with Crippen molar-refractivity contribution in [3.8, 4) is 5.75 Å². The highest BCUT2D eigenvalue weighted by Gasteiger charge is 2.22. The number of benzene rings is 1. The van der Waals surface area contributed by atoms with Crippen molar-refractivity contribution in [2.75, 3.05) is 54.5 Å². The van der Waals surface area contributed by atoms with Crippen LogP contribution in [-0.2, 0) is 19.6 Å². The van der Waals surface area contributed by atoms with Gasteiger partial charge in [-0.25, -0.2) is 13.4 Å². The molecule has 0 bridgehead atoms. The average Bonchev–Trinajstić information content (AvgIpc) is 3.40. The van der Waals surface area contributed by atoms with E-state index in [1.54, 1.807) is 54.0 Å². The van der Waals surface area contributed by atoms with E-state index < -0.39 is 10.0 Å². The third kappa shape index (κ3) is 5.62. The second-order valence-electron chi connectivity index (χ2n) is 7.24. The molecule has 3 heterocycles. The fourth-order valence-electron chi connectivity index (χ4n) is 3.23. The van der Waals surface area contributed by atoms with Gasteiger partial charge in [0.25, 0.3) is 15.9 Å². The number of anilines is 3. The molecule has 3 aromatic rings. The van der Waals surface area contributed by atoms with Crippen molar-refractivity contribution in [3.05, 3.63) is 60.1 Å². The lowest BCUT2D eigenvalue weighted by atomic mass is 10.3. The summed E-state index contributed by atoms with van der Waals surface area (Å²) in [6.45, 7) is 2.82. The number of aromatic nitrogens is 1. The maximum atomic E-state index is 12.6. The van der Waals surface area contributed by atoms with Gasteiger partial charge < -0.3 is 19.7 Å². The summed E-state index contributed by atoms with van der Waals surface area (Å²) >= 11 is 1.16. The van der Waals surface area contributed by atoms with Gasteiger partial charge in [0.15, 0.2) is 6.61 Å². The van der Waals surface area contributed by atoms with Crippen molar-refractivity contribution in [1.82, 2.24) is 4.98 Å². The SMILES string of the molecule is CN(c1ccc(OCC(=O)Nc2ccc(N3CCOCC3)cn2)cc1)S(=O)(=O)c1cccs1. The van der Waals surface area contributed by atoms with E-state index in [-0.39, 0.29) is 16.7 Å². The molecule has 1 fully saturated rings. The van der Waals surface area contributed by atoms with Gasteiger partial charge >= 0.3 is 0 Å². The monoisotopic (exact) mass is 488 g/mol. The van der Waals surface area contributed by atoms with Gasteiger partial charge in [0.1, 0.15) is 15.8 Å². The van der Waals surface area contributed by atoms with Gasteiger partial charge in [-0.2, -0.15) is 0 Å². The Morgan fingerprint density at radius 2 is 1.94 bits per heavy atom. The molecule has 2 aromatic heterocycles. The highest BCUT2D eigenvalue weighted by Crippen LogP contribution is 2.26. The summed E-state index contributed by atoms with van der Waals surface area (Å²) in [5.41, 5.74) is 1.48. The van der Waals surface area contributed by atoms with Crippen LogP contribution < -0.4 is 19.3 Å². The number of morpholine rings is 1. The predicted octanol–water partition coefficient (Wildman–Crippen LogP) is 2.82.